The van der Waals surface area contributed by atoms with Crippen LogP contribution in [0, 0.1) is 0 Å². The number of carbonyl (C=O) groups is 1. The van der Waals surface area contributed by atoms with Gasteiger partial charge in [0.1, 0.15) is 0 Å². The van der Waals surface area contributed by atoms with Gasteiger partial charge in [-0.1, -0.05) is 12.1 Å². The molecule has 1 aromatic heterocycles. The van der Waals surface area contributed by atoms with Crippen LogP contribution in [-0.2, 0) is 12.7 Å². The zero-order valence-electron chi connectivity index (χ0n) is 12.7. The number of hydrogen-bond acceptors (Lipinski definition) is 4. The third kappa shape index (κ3) is 3.36. The minimum absolute atomic E-state index is 0.0301. The summed E-state index contributed by atoms with van der Waals surface area (Å²) in [5.74, 6) is 0. The quantitative estimate of drug-likeness (QED) is 0.688. The molecule has 0 bridgehead atoms. The van der Waals surface area contributed by atoms with E-state index in [1.807, 2.05) is 0 Å². The summed E-state index contributed by atoms with van der Waals surface area (Å²) < 4.78 is 42.7. The van der Waals surface area contributed by atoms with Crippen molar-refractivity contribution >= 4 is 39.0 Å². The maximum absolute atomic E-state index is 12.6. The highest BCUT2D eigenvalue weighted by molar-refractivity contribution is 7.14. The van der Waals surface area contributed by atoms with Crippen molar-refractivity contribution in [3.8, 4) is 0 Å². The zero-order valence-corrected chi connectivity index (χ0v) is 13.6. The third-order valence-electron chi connectivity index (χ3n) is 3.71. The fourth-order valence-corrected chi connectivity index (χ4v) is 3.16. The molecule has 0 fully saturated rings. The number of anilines is 2. The molecule has 3 rings (SSSR count). The van der Waals surface area contributed by atoms with Crippen molar-refractivity contribution in [1.82, 2.24) is 4.37 Å². The molecule has 0 aliphatic rings. The van der Waals surface area contributed by atoms with Crippen LogP contribution in [0.2, 0.25) is 0 Å². The Morgan fingerprint density at radius 1 is 1.16 bits per heavy atom. The molecule has 130 valence electrons. The van der Waals surface area contributed by atoms with Gasteiger partial charge in [-0.3, -0.25) is 4.90 Å². The number of rotatable bonds is 3. The summed E-state index contributed by atoms with van der Waals surface area (Å²) >= 11 is 1.19. The summed E-state index contributed by atoms with van der Waals surface area (Å²) in [4.78, 5) is 13.2. The van der Waals surface area contributed by atoms with E-state index < -0.39 is 17.8 Å². The van der Waals surface area contributed by atoms with Gasteiger partial charge >= 0.3 is 12.2 Å². The van der Waals surface area contributed by atoms with Gasteiger partial charge in [-0.05, 0) is 41.4 Å². The van der Waals surface area contributed by atoms with Gasteiger partial charge in [0.05, 0.1) is 34.4 Å². The van der Waals surface area contributed by atoms with Crippen LogP contribution in [0.5, 0.6) is 0 Å². The van der Waals surface area contributed by atoms with Gasteiger partial charge < -0.3 is 11.5 Å². The van der Waals surface area contributed by atoms with Crippen molar-refractivity contribution in [3.63, 3.8) is 0 Å². The lowest BCUT2D eigenvalue weighted by molar-refractivity contribution is -0.137. The van der Waals surface area contributed by atoms with Crippen LogP contribution >= 0.6 is 11.5 Å². The standard InChI is InChI=1S/C16H13F3N4OS/c17-16(18,19)10-3-1-9(2-4-10)8-23(15(21)24)13-6-5-12(20)14-11(13)7-22-25-14/h1-7H,8,20H2,(H2,21,24). The molecule has 25 heavy (non-hydrogen) atoms. The topological polar surface area (TPSA) is 85.2 Å². The van der Waals surface area contributed by atoms with Gasteiger partial charge in [0.2, 0.25) is 0 Å². The molecule has 5 nitrogen and oxygen atoms in total. The number of alkyl halides is 3. The van der Waals surface area contributed by atoms with E-state index in [1.165, 1.54) is 28.6 Å². The van der Waals surface area contributed by atoms with Gasteiger partial charge in [-0.15, -0.1) is 0 Å². The Hall–Kier alpha value is -2.81. The van der Waals surface area contributed by atoms with Gasteiger partial charge in [-0.2, -0.15) is 17.5 Å². The molecule has 0 radical (unpaired) electrons. The van der Waals surface area contributed by atoms with Gasteiger partial charge in [0.25, 0.3) is 0 Å². The molecule has 3 aromatic rings. The van der Waals surface area contributed by atoms with Crippen molar-refractivity contribution in [2.45, 2.75) is 12.7 Å². The smallest absolute Gasteiger partial charge is 0.398 e. The van der Waals surface area contributed by atoms with Crippen molar-refractivity contribution < 1.29 is 18.0 Å². The first-order chi connectivity index (χ1) is 11.8. The van der Waals surface area contributed by atoms with E-state index in [4.69, 9.17) is 11.5 Å². The summed E-state index contributed by atoms with van der Waals surface area (Å²) in [5.41, 5.74) is 12.2. The second-order valence-corrected chi connectivity index (χ2v) is 6.16. The van der Waals surface area contributed by atoms with Gasteiger partial charge in [-0.25, -0.2) is 4.79 Å². The zero-order chi connectivity index (χ0) is 18.2. The number of halogens is 3. The van der Waals surface area contributed by atoms with Crippen LogP contribution in [0.25, 0.3) is 10.1 Å². The average molecular weight is 366 g/mol. The second kappa shape index (κ2) is 6.25. The Morgan fingerprint density at radius 3 is 2.44 bits per heavy atom. The molecule has 4 N–H and O–H groups in total. The van der Waals surface area contributed by atoms with E-state index in [0.29, 0.717) is 22.3 Å². The number of nitrogens with two attached hydrogens (primary N) is 2. The van der Waals surface area contributed by atoms with Crippen molar-refractivity contribution in [3.05, 3.63) is 53.7 Å². The number of fused-ring (bicyclic) bond motifs is 1. The lowest BCUT2D eigenvalue weighted by Gasteiger charge is -2.22. The lowest BCUT2D eigenvalue weighted by atomic mass is 10.1. The maximum atomic E-state index is 12.6. The highest BCUT2D eigenvalue weighted by Crippen LogP contribution is 2.34. The summed E-state index contributed by atoms with van der Waals surface area (Å²) in [6, 6.07) is 7.13. The first-order valence-electron chi connectivity index (χ1n) is 7.13. The Labute approximate surface area is 144 Å². The average Bonchev–Trinajstić information content (AvgIpc) is 3.03. The predicted molar refractivity (Wildman–Crippen MR) is 91.2 cm³/mol. The number of primary amides is 1. The fourth-order valence-electron chi connectivity index (χ4n) is 2.46. The predicted octanol–water partition coefficient (Wildman–Crippen LogP) is 3.98. The molecule has 1 heterocycles. The molecule has 0 saturated heterocycles. The first kappa shape index (κ1) is 17.0. The van der Waals surface area contributed by atoms with E-state index in [2.05, 4.69) is 4.37 Å². The molecule has 0 aliphatic carbocycles. The molecule has 9 heteroatoms. The van der Waals surface area contributed by atoms with Crippen LogP contribution in [0.15, 0.2) is 42.6 Å². The summed E-state index contributed by atoms with van der Waals surface area (Å²) in [7, 11) is 0. The minimum atomic E-state index is -4.41. The summed E-state index contributed by atoms with van der Waals surface area (Å²) in [6.45, 7) is 0.0301. The third-order valence-corrected chi connectivity index (χ3v) is 4.56. The van der Waals surface area contributed by atoms with Crippen LogP contribution in [0.1, 0.15) is 11.1 Å². The molecule has 0 saturated carbocycles. The van der Waals surface area contributed by atoms with Crippen molar-refractivity contribution in [2.75, 3.05) is 10.6 Å². The van der Waals surface area contributed by atoms with Crippen LogP contribution in [0.3, 0.4) is 0 Å². The van der Waals surface area contributed by atoms with E-state index in [0.717, 1.165) is 16.8 Å². The molecular formula is C16H13F3N4OS. The number of carbonyl (C=O) groups excluding carboxylic acids is 1. The Bertz CT molecular complexity index is 921. The Kier molecular flexibility index (Phi) is 4.25. The number of aromatic nitrogens is 1. The largest absolute Gasteiger partial charge is 0.416 e. The molecule has 0 unspecified atom stereocenters. The minimum Gasteiger partial charge on any atom is -0.398 e. The Morgan fingerprint density at radius 2 is 1.84 bits per heavy atom. The van der Waals surface area contributed by atoms with Crippen LogP contribution in [-0.4, -0.2) is 10.4 Å². The number of benzene rings is 2. The molecule has 0 spiro atoms. The highest BCUT2D eigenvalue weighted by atomic mass is 32.1. The normalized spacial score (nSPS) is 11.6. The number of hydrogen-bond donors (Lipinski definition) is 2. The highest BCUT2D eigenvalue weighted by Gasteiger charge is 2.30. The molecular weight excluding hydrogens is 353 g/mol. The Balaban J connectivity index is 1.96. The SMILES string of the molecule is NC(=O)N(Cc1ccc(C(F)(F)F)cc1)c1ccc(N)c2sncc12. The number of nitrogen functional groups attached to an aromatic ring is 1. The number of nitrogens with zero attached hydrogens (tertiary/aromatic N) is 2. The second-order valence-electron chi connectivity index (χ2n) is 5.36. The number of amides is 2. The van der Waals surface area contributed by atoms with E-state index in [1.54, 1.807) is 18.3 Å². The van der Waals surface area contributed by atoms with Gasteiger partial charge in [0, 0.05) is 5.39 Å². The summed E-state index contributed by atoms with van der Waals surface area (Å²) in [6.07, 6.45) is -2.83. The van der Waals surface area contributed by atoms with Crippen LogP contribution in [0.4, 0.5) is 29.3 Å². The van der Waals surface area contributed by atoms with Crippen LogP contribution < -0.4 is 16.4 Å². The summed E-state index contributed by atoms with van der Waals surface area (Å²) in [5, 5.41) is 0.663. The first-order valence-corrected chi connectivity index (χ1v) is 7.90. The van der Waals surface area contributed by atoms with E-state index in [9.17, 15) is 18.0 Å². The van der Waals surface area contributed by atoms with Crippen molar-refractivity contribution in [1.29, 1.82) is 0 Å². The molecule has 2 amide bonds. The van der Waals surface area contributed by atoms with Gasteiger partial charge in [0.15, 0.2) is 0 Å². The fraction of sp³-hybridized carbons (Fsp3) is 0.125. The lowest BCUT2D eigenvalue weighted by Crippen LogP contribution is -2.35. The van der Waals surface area contributed by atoms with E-state index >= 15 is 0 Å². The molecule has 0 aliphatic heterocycles. The number of urea groups is 1. The monoisotopic (exact) mass is 366 g/mol. The molecule has 0 atom stereocenters. The maximum Gasteiger partial charge on any atom is 0.416 e. The van der Waals surface area contributed by atoms with E-state index in [-0.39, 0.29) is 6.54 Å². The van der Waals surface area contributed by atoms with Crippen molar-refractivity contribution in [2.24, 2.45) is 5.73 Å². The molecule has 2 aromatic carbocycles.